The van der Waals surface area contributed by atoms with E-state index in [1.165, 1.54) is 25.7 Å². The van der Waals surface area contributed by atoms with E-state index < -0.39 is 0 Å². The van der Waals surface area contributed by atoms with E-state index in [1.54, 1.807) is 24.3 Å². The zero-order valence-corrected chi connectivity index (χ0v) is 19.6. The van der Waals surface area contributed by atoms with Crippen LogP contribution in [0.2, 0.25) is 0 Å². The van der Waals surface area contributed by atoms with Gasteiger partial charge < -0.3 is 20.7 Å². The smallest absolute Gasteiger partial charge is 0.251 e. The molecule has 0 spiro atoms. The summed E-state index contributed by atoms with van der Waals surface area (Å²) in [6.07, 6.45) is 6.86. The molecule has 0 heterocycles. The lowest BCUT2D eigenvalue weighted by Gasteiger charge is -2.13. The molecule has 0 fully saturated rings. The fourth-order valence-electron chi connectivity index (χ4n) is 3.13. The Balaban J connectivity index is 1.79. The predicted molar refractivity (Wildman–Crippen MR) is 131 cm³/mol. The third kappa shape index (κ3) is 9.41. The van der Waals surface area contributed by atoms with Gasteiger partial charge in [0, 0.05) is 29.0 Å². The molecule has 2 aromatic carbocycles. The zero-order valence-electron chi connectivity index (χ0n) is 19.6. The first-order chi connectivity index (χ1) is 15.5. The van der Waals surface area contributed by atoms with Gasteiger partial charge in [0.2, 0.25) is 5.91 Å². The van der Waals surface area contributed by atoms with Crippen LogP contribution < -0.4 is 20.7 Å². The van der Waals surface area contributed by atoms with E-state index >= 15 is 0 Å². The Morgan fingerprint density at radius 1 is 0.938 bits per heavy atom. The minimum atomic E-state index is -0.188. The Hall–Kier alpha value is -3.02. The van der Waals surface area contributed by atoms with E-state index in [0.29, 0.717) is 17.9 Å². The number of unbranched alkanes of at least 4 members (excludes halogenated alkanes) is 4. The van der Waals surface area contributed by atoms with Gasteiger partial charge in [0.05, 0.1) is 13.2 Å². The lowest BCUT2D eigenvalue weighted by atomic mass is 10.1. The summed E-state index contributed by atoms with van der Waals surface area (Å²) < 4.78 is 5.82. The van der Waals surface area contributed by atoms with Gasteiger partial charge >= 0.3 is 0 Å². The van der Waals surface area contributed by atoms with Crippen LogP contribution in [0.25, 0.3) is 0 Å². The number of hydrogen-bond donors (Lipinski definition) is 3. The van der Waals surface area contributed by atoms with Crippen molar-refractivity contribution in [3.8, 4) is 5.75 Å². The van der Waals surface area contributed by atoms with Gasteiger partial charge in [-0.15, -0.1) is 0 Å². The highest BCUT2D eigenvalue weighted by molar-refractivity contribution is 5.98. The number of anilines is 2. The molecule has 2 amide bonds. The van der Waals surface area contributed by atoms with Crippen molar-refractivity contribution in [2.24, 2.45) is 0 Å². The van der Waals surface area contributed by atoms with E-state index in [4.69, 9.17) is 4.74 Å². The van der Waals surface area contributed by atoms with Crippen molar-refractivity contribution in [1.82, 2.24) is 5.32 Å². The molecule has 6 heteroatoms. The van der Waals surface area contributed by atoms with Crippen LogP contribution >= 0.6 is 0 Å². The molecule has 3 N–H and O–H groups in total. The van der Waals surface area contributed by atoms with Crippen LogP contribution in [0.1, 0.15) is 69.7 Å². The first kappa shape index (κ1) is 25.2. The number of benzene rings is 2. The van der Waals surface area contributed by atoms with E-state index in [9.17, 15) is 9.59 Å². The molecule has 32 heavy (non-hydrogen) atoms. The molecule has 0 saturated heterocycles. The molecule has 1 atom stereocenters. The van der Waals surface area contributed by atoms with Crippen molar-refractivity contribution in [3.63, 3.8) is 0 Å². The fourth-order valence-corrected chi connectivity index (χ4v) is 3.13. The summed E-state index contributed by atoms with van der Waals surface area (Å²) in [4.78, 5) is 24.7. The average molecular weight is 440 g/mol. The monoisotopic (exact) mass is 439 g/mol. The Morgan fingerprint density at radius 3 is 2.47 bits per heavy atom. The zero-order chi connectivity index (χ0) is 23.2. The number of amides is 2. The maximum absolute atomic E-state index is 12.4. The van der Waals surface area contributed by atoms with E-state index in [0.717, 1.165) is 24.3 Å². The summed E-state index contributed by atoms with van der Waals surface area (Å²) in [5, 5.41) is 8.89. The number of carbonyl (C=O) groups is 2. The quantitative estimate of drug-likeness (QED) is 0.334. The van der Waals surface area contributed by atoms with E-state index in [2.05, 4.69) is 22.9 Å². The van der Waals surface area contributed by atoms with Crippen molar-refractivity contribution >= 4 is 23.2 Å². The van der Waals surface area contributed by atoms with Crippen LogP contribution in [-0.2, 0) is 4.79 Å². The Morgan fingerprint density at radius 2 is 1.69 bits per heavy atom. The van der Waals surface area contributed by atoms with Gasteiger partial charge in [-0.1, -0.05) is 51.7 Å². The van der Waals surface area contributed by atoms with Crippen molar-refractivity contribution < 1.29 is 14.3 Å². The normalized spacial score (nSPS) is 11.5. The lowest BCUT2D eigenvalue weighted by molar-refractivity contribution is -0.114. The molecule has 2 rings (SSSR count). The largest absolute Gasteiger partial charge is 0.494 e. The standard InChI is InChI=1S/C26H37N3O3/c1-4-6-7-8-9-16-32-24-15-11-13-22(18-24)27-19-25(30)29-23-14-10-12-21(17-23)26(31)28-20(3)5-2/h10-15,17-18,20,27H,4-9,16,19H2,1-3H3,(H,28,31)(H,29,30). The molecule has 0 aliphatic carbocycles. The van der Waals surface area contributed by atoms with Crippen LogP contribution in [0.5, 0.6) is 5.75 Å². The van der Waals surface area contributed by atoms with Gasteiger partial charge in [-0.3, -0.25) is 9.59 Å². The fraction of sp³-hybridized carbons (Fsp3) is 0.462. The van der Waals surface area contributed by atoms with Crippen LogP contribution in [0.4, 0.5) is 11.4 Å². The molecular formula is C26H37N3O3. The van der Waals surface area contributed by atoms with Crippen molar-refractivity contribution in [3.05, 3.63) is 54.1 Å². The number of hydrogen-bond acceptors (Lipinski definition) is 4. The van der Waals surface area contributed by atoms with Crippen LogP contribution in [-0.4, -0.2) is 31.0 Å². The second-order valence-electron chi connectivity index (χ2n) is 8.06. The molecule has 174 valence electrons. The van der Waals surface area contributed by atoms with Gasteiger partial charge in [-0.05, 0) is 50.1 Å². The second-order valence-corrected chi connectivity index (χ2v) is 8.06. The number of ether oxygens (including phenoxy) is 1. The van der Waals surface area contributed by atoms with Gasteiger partial charge in [0.25, 0.3) is 5.91 Å². The molecule has 1 unspecified atom stereocenters. The first-order valence-electron chi connectivity index (χ1n) is 11.7. The lowest BCUT2D eigenvalue weighted by Crippen LogP contribution is -2.32. The average Bonchev–Trinajstić information content (AvgIpc) is 2.80. The minimum absolute atomic E-state index is 0.103. The molecule has 0 radical (unpaired) electrons. The SMILES string of the molecule is CCCCCCCOc1cccc(NCC(=O)Nc2cccc(C(=O)NC(C)CC)c2)c1. The number of carbonyl (C=O) groups excluding carboxylic acids is 2. The van der Waals surface area contributed by atoms with Crippen LogP contribution in [0, 0.1) is 0 Å². The Kier molecular flexibility index (Phi) is 11.1. The molecule has 6 nitrogen and oxygen atoms in total. The van der Waals surface area contributed by atoms with E-state index in [1.807, 2.05) is 38.1 Å². The van der Waals surface area contributed by atoms with Gasteiger partial charge in [0.1, 0.15) is 5.75 Å². The number of nitrogens with one attached hydrogen (secondary N) is 3. The molecule has 0 aliphatic rings. The topological polar surface area (TPSA) is 79.5 Å². The highest BCUT2D eigenvalue weighted by atomic mass is 16.5. The molecule has 0 aliphatic heterocycles. The summed E-state index contributed by atoms with van der Waals surface area (Å²) >= 11 is 0. The Bertz CT molecular complexity index is 854. The highest BCUT2D eigenvalue weighted by Crippen LogP contribution is 2.18. The van der Waals surface area contributed by atoms with Crippen LogP contribution in [0.15, 0.2) is 48.5 Å². The van der Waals surface area contributed by atoms with Crippen molar-refractivity contribution in [2.45, 2.75) is 65.3 Å². The predicted octanol–water partition coefficient (Wildman–Crippen LogP) is 5.61. The number of rotatable bonds is 14. The first-order valence-corrected chi connectivity index (χ1v) is 11.7. The maximum atomic E-state index is 12.4. The van der Waals surface area contributed by atoms with Gasteiger partial charge in [-0.25, -0.2) is 0 Å². The molecular weight excluding hydrogens is 402 g/mol. The van der Waals surface area contributed by atoms with Crippen LogP contribution in [0.3, 0.4) is 0 Å². The summed E-state index contributed by atoms with van der Waals surface area (Å²) in [6.45, 7) is 7.01. The maximum Gasteiger partial charge on any atom is 0.251 e. The van der Waals surface area contributed by atoms with E-state index in [-0.39, 0.29) is 24.4 Å². The summed E-state index contributed by atoms with van der Waals surface area (Å²) in [5.74, 6) is 0.466. The molecule has 0 saturated carbocycles. The molecule has 2 aromatic rings. The second kappa shape index (κ2) is 14.1. The third-order valence-corrected chi connectivity index (χ3v) is 5.20. The minimum Gasteiger partial charge on any atom is -0.494 e. The molecule has 0 aromatic heterocycles. The molecule has 0 bridgehead atoms. The summed E-state index contributed by atoms with van der Waals surface area (Å²) in [5.41, 5.74) is 1.94. The summed E-state index contributed by atoms with van der Waals surface area (Å²) in [6, 6.07) is 14.7. The highest BCUT2D eigenvalue weighted by Gasteiger charge is 2.10. The van der Waals surface area contributed by atoms with Crippen molar-refractivity contribution in [2.75, 3.05) is 23.8 Å². The summed E-state index contributed by atoms with van der Waals surface area (Å²) in [7, 11) is 0. The Labute approximate surface area is 192 Å². The van der Waals surface area contributed by atoms with Crippen molar-refractivity contribution in [1.29, 1.82) is 0 Å². The van der Waals surface area contributed by atoms with Gasteiger partial charge in [0.15, 0.2) is 0 Å². The van der Waals surface area contributed by atoms with Gasteiger partial charge in [-0.2, -0.15) is 0 Å². The third-order valence-electron chi connectivity index (χ3n) is 5.20.